The van der Waals surface area contributed by atoms with Crippen molar-refractivity contribution in [2.75, 3.05) is 26.7 Å². The molecule has 0 amide bonds. The third kappa shape index (κ3) is 7.01. The number of hydrogen-bond acceptors (Lipinski definition) is 2. The van der Waals surface area contributed by atoms with Gasteiger partial charge in [-0.15, -0.1) is 0 Å². The fourth-order valence-electron chi connectivity index (χ4n) is 2.55. The summed E-state index contributed by atoms with van der Waals surface area (Å²) in [6.07, 6.45) is 4.15. The van der Waals surface area contributed by atoms with E-state index in [0.717, 1.165) is 38.7 Å². The van der Waals surface area contributed by atoms with Crippen LogP contribution in [0.15, 0.2) is 59.9 Å². The van der Waals surface area contributed by atoms with Gasteiger partial charge >= 0.3 is 0 Å². The molecule has 1 atom stereocenters. The van der Waals surface area contributed by atoms with Crippen LogP contribution in [0.4, 0.5) is 0 Å². The summed E-state index contributed by atoms with van der Waals surface area (Å²) in [7, 11) is 2.15. The van der Waals surface area contributed by atoms with Crippen LogP contribution in [0.5, 0.6) is 0 Å². The van der Waals surface area contributed by atoms with Crippen LogP contribution in [0.3, 0.4) is 0 Å². The molecule has 1 heterocycles. The zero-order chi connectivity index (χ0) is 17.9. The normalized spacial score (nSPS) is 13.0. The molecule has 25 heavy (non-hydrogen) atoms. The number of aromatic nitrogens is 1. The van der Waals surface area contributed by atoms with E-state index in [9.17, 15) is 0 Å². The van der Waals surface area contributed by atoms with E-state index in [1.54, 1.807) is 0 Å². The third-order valence-electron chi connectivity index (χ3n) is 4.21. The van der Waals surface area contributed by atoms with Crippen LogP contribution < -0.4 is 10.6 Å². The smallest absolute Gasteiger partial charge is 0.191 e. The van der Waals surface area contributed by atoms with Gasteiger partial charge < -0.3 is 15.2 Å². The highest BCUT2D eigenvalue weighted by Gasteiger charge is 2.09. The number of nitrogens with one attached hydrogen (secondary N) is 2. The summed E-state index contributed by atoms with van der Waals surface area (Å²) < 4.78 is 2.16. The Hall–Kier alpha value is -2.27. The fraction of sp³-hybridized carbons (Fsp3) is 0.450. The highest BCUT2D eigenvalue weighted by Crippen LogP contribution is 2.06. The molecule has 0 saturated carbocycles. The van der Waals surface area contributed by atoms with Crippen molar-refractivity contribution < 1.29 is 0 Å². The maximum absolute atomic E-state index is 4.74. The Kier molecular flexibility index (Phi) is 8.05. The molecule has 136 valence electrons. The molecule has 5 heteroatoms. The number of aliphatic imine (C=N–C) groups is 1. The van der Waals surface area contributed by atoms with Crippen molar-refractivity contribution in [1.82, 2.24) is 20.1 Å². The minimum Gasteiger partial charge on any atom is -0.357 e. The quantitative estimate of drug-likeness (QED) is 0.544. The lowest BCUT2D eigenvalue weighted by Gasteiger charge is -2.24. The average molecular weight is 342 g/mol. The minimum absolute atomic E-state index is 0.375. The van der Waals surface area contributed by atoms with Crippen molar-refractivity contribution in [2.24, 2.45) is 4.99 Å². The van der Waals surface area contributed by atoms with Crippen molar-refractivity contribution in [2.45, 2.75) is 33.0 Å². The minimum atomic E-state index is 0.375. The summed E-state index contributed by atoms with van der Waals surface area (Å²) >= 11 is 0. The van der Waals surface area contributed by atoms with E-state index >= 15 is 0 Å². The topological polar surface area (TPSA) is 44.6 Å². The Morgan fingerprint density at radius 2 is 1.84 bits per heavy atom. The molecule has 0 fully saturated rings. The average Bonchev–Trinajstić information content (AvgIpc) is 3.13. The van der Waals surface area contributed by atoms with Gasteiger partial charge in [-0.1, -0.05) is 30.3 Å². The van der Waals surface area contributed by atoms with Crippen LogP contribution >= 0.6 is 0 Å². The van der Waals surface area contributed by atoms with Gasteiger partial charge in [-0.3, -0.25) is 9.89 Å². The second-order valence-corrected chi connectivity index (χ2v) is 6.32. The Labute approximate surface area is 151 Å². The summed E-state index contributed by atoms with van der Waals surface area (Å²) in [5.41, 5.74) is 1.33. The Morgan fingerprint density at radius 1 is 1.12 bits per heavy atom. The molecule has 0 aliphatic rings. The highest BCUT2D eigenvalue weighted by atomic mass is 15.2. The number of benzene rings is 1. The molecule has 0 aliphatic heterocycles. The van der Waals surface area contributed by atoms with Crippen molar-refractivity contribution >= 4 is 5.96 Å². The van der Waals surface area contributed by atoms with Gasteiger partial charge in [0.2, 0.25) is 0 Å². The Bertz CT molecular complexity index is 606. The molecule has 2 rings (SSSR count). The van der Waals surface area contributed by atoms with E-state index in [2.05, 4.69) is 83.7 Å². The van der Waals surface area contributed by atoms with Crippen molar-refractivity contribution in [1.29, 1.82) is 0 Å². The standard InChI is InChI=1S/C20H31N5/c1-4-21-20(22-12-15-25-13-8-9-14-25)23-16-18(2)24(3)17-19-10-6-5-7-11-19/h5-11,13-14,18H,4,12,15-17H2,1-3H3,(H2,21,22,23). The largest absolute Gasteiger partial charge is 0.357 e. The molecule has 2 aromatic rings. The molecule has 0 bridgehead atoms. The van der Waals surface area contributed by atoms with Gasteiger partial charge in [0.15, 0.2) is 5.96 Å². The molecule has 1 aromatic heterocycles. The first-order valence-corrected chi connectivity index (χ1v) is 9.06. The summed E-state index contributed by atoms with van der Waals surface area (Å²) in [6.45, 7) is 8.67. The van der Waals surface area contributed by atoms with E-state index in [1.165, 1.54) is 5.56 Å². The Morgan fingerprint density at radius 3 is 2.52 bits per heavy atom. The van der Waals surface area contributed by atoms with E-state index < -0.39 is 0 Å². The molecular formula is C20H31N5. The van der Waals surface area contributed by atoms with Crippen molar-refractivity contribution in [3.05, 3.63) is 60.4 Å². The lowest BCUT2D eigenvalue weighted by Crippen LogP contribution is -2.40. The summed E-state index contributed by atoms with van der Waals surface area (Å²) in [5, 5.41) is 6.72. The van der Waals surface area contributed by atoms with Gasteiger partial charge in [-0.2, -0.15) is 0 Å². The second kappa shape index (κ2) is 10.6. The zero-order valence-corrected chi connectivity index (χ0v) is 15.7. The second-order valence-electron chi connectivity index (χ2n) is 6.32. The van der Waals surface area contributed by atoms with Gasteiger partial charge in [0.05, 0.1) is 6.54 Å². The molecular weight excluding hydrogens is 310 g/mol. The van der Waals surface area contributed by atoms with Crippen LogP contribution in [0, 0.1) is 0 Å². The lowest BCUT2D eigenvalue weighted by atomic mass is 10.2. The first-order chi connectivity index (χ1) is 12.2. The molecule has 2 N–H and O–H groups in total. The maximum atomic E-state index is 4.74. The van der Waals surface area contributed by atoms with Gasteiger partial charge in [-0.05, 0) is 38.6 Å². The predicted molar refractivity (Wildman–Crippen MR) is 106 cm³/mol. The van der Waals surface area contributed by atoms with Gasteiger partial charge in [0, 0.05) is 44.6 Å². The lowest BCUT2D eigenvalue weighted by molar-refractivity contribution is 0.255. The van der Waals surface area contributed by atoms with Crippen LogP contribution in [-0.4, -0.2) is 48.2 Å². The zero-order valence-electron chi connectivity index (χ0n) is 15.7. The molecule has 1 aromatic carbocycles. The number of hydrogen-bond donors (Lipinski definition) is 2. The first kappa shape index (κ1) is 19.1. The number of rotatable bonds is 9. The van der Waals surface area contributed by atoms with Gasteiger partial charge in [-0.25, -0.2) is 0 Å². The van der Waals surface area contributed by atoms with Crippen LogP contribution in [0.2, 0.25) is 0 Å². The molecule has 1 unspecified atom stereocenters. The number of nitrogens with zero attached hydrogens (tertiary/aromatic N) is 3. The highest BCUT2D eigenvalue weighted by molar-refractivity contribution is 5.79. The van der Waals surface area contributed by atoms with E-state index in [-0.39, 0.29) is 0 Å². The van der Waals surface area contributed by atoms with Crippen molar-refractivity contribution in [3.8, 4) is 0 Å². The van der Waals surface area contributed by atoms with Crippen LogP contribution in [-0.2, 0) is 13.1 Å². The summed E-state index contributed by atoms with van der Waals surface area (Å²) in [6, 6.07) is 15.0. The van der Waals surface area contributed by atoms with E-state index in [1.807, 2.05) is 12.1 Å². The van der Waals surface area contributed by atoms with Gasteiger partial charge in [0.1, 0.15) is 0 Å². The maximum Gasteiger partial charge on any atom is 0.191 e. The van der Waals surface area contributed by atoms with Crippen LogP contribution in [0.25, 0.3) is 0 Å². The van der Waals surface area contributed by atoms with Gasteiger partial charge in [0.25, 0.3) is 0 Å². The summed E-state index contributed by atoms with van der Waals surface area (Å²) in [4.78, 5) is 7.07. The summed E-state index contributed by atoms with van der Waals surface area (Å²) in [5.74, 6) is 0.884. The monoisotopic (exact) mass is 341 g/mol. The molecule has 0 radical (unpaired) electrons. The predicted octanol–water partition coefficient (Wildman–Crippen LogP) is 2.56. The number of likely N-dealkylation sites (N-methyl/N-ethyl adjacent to an activating group) is 1. The fourth-order valence-corrected chi connectivity index (χ4v) is 2.55. The van der Waals surface area contributed by atoms with E-state index in [4.69, 9.17) is 4.99 Å². The molecule has 0 saturated heterocycles. The Balaban J connectivity index is 1.79. The molecule has 0 aliphatic carbocycles. The van der Waals surface area contributed by atoms with Crippen LogP contribution in [0.1, 0.15) is 19.4 Å². The SMILES string of the molecule is CCNC(=NCC(C)N(C)Cc1ccccc1)NCCn1cccc1. The third-order valence-corrected chi connectivity index (χ3v) is 4.21. The van der Waals surface area contributed by atoms with Crippen molar-refractivity contribution in [3.63, 3.8) is 0 Å². The first-order valence-electron chi connectivity index (χ1n) is 9.06. The number of guanidine groups is 1. The molecule has 0 spiro atoms. The molecule has 5 nitrogen and oxygen atoms in total. The van der Waals surface area contributed by atoms with E-state index in [0.29, 0.717) is 6.04 Å².